The first-order valence-electron chi connectivity index (χ1n) is 8.68. The number of esters is 1. The zero-order chi connectivity index (χ0) is 18.1. The second kappa shape index (κ2) is 6.84. The lowest BCUT2D eigenvalue weighted by Gasteiger charge is -2.33. The molecule has 3 N–H and O–H groups in total. The van der Waals surface area contributed by atoms with Gasteiger partial charge in [0.1, 0.15) is 5.54 Å². The summed E-state index contributed by atoms with van der Waals surface area (Å²) in [5.41, 5.74) is 5.35. The van der Waals surface area contributed by atoms with E-state index < -0.39 is 11.5 Å². The van der Waals surface area contributed by atoms with E-state index in [1.54, 1.807) is 6.08 Å². The minimum absolute atomic E-state index is 0.0117. The summed E-state index contributed by atoms with van der Waals surface area (Å²) in [5.74, 6) is -0.555. The van der Waals surface area contributed by atoms with Gasteiger partial charge < -0.3 is 15.8 Å². The van der Waals surface area contributed by atoms with Gasteiger partial charge in [-0.25, -0.2) is 4.79 Å². The van der Waals surface area contributed by atoms with Crippen LogP contribution in [0.25, 0.3) is 0 Å². The molecule has 1 saturated carbocycles. The molecule has 1 heterocycles. The van der Waals surface area contributed by atoms with Crippen LogP contribution in [0.4, 0.5) is 0 Å². The molecule has 0 bridgehead atoms. The van der Waals surface area contributed by atoms with Crippen LogP contribution in [0.1, 0.15) is 40.0 Å². The molecule has 0 aromatic heterocycles. The van der Waals surface area contributed by atoms with Crippen molar-refractivity contribution in [1.82, 2.24) is 10.2 Å². The van der Waals surface area contributed by atoms with Crippen LogP contribution in [0.2, 0.25) is 0 Å². The number of hydrogen-bond donors (Lipinski definition) is 2. The van der Waals surface area contributed by atoms with E-state index in [0.717, 1.165) is 19.4 Å². The number of hydrogen-bond acceptors (Lipinski definition) is 5. The Hall–Kier alpha value is -1.40. The maximum absolute atomic E-state index is 12.8. The predicted octanol–water partition coefficient (Wildman–Crippen LogP) is 1.06. The summed E-state index contributed by atoms with van der Waals surface area (Å²) in [4.78, 5) is 27.0. The van der Waals surface area contributed by atoms with Crippen molar-refractivity contribution in [1.29, 1.82) is 0 Å². The first-order valence-corrected chi connectivity index (χ1v) is 8.68. The van der Waals surface area contributed by atoms with Crippen molar-refractivity contribution in [2.75, 3.05) is 20.2 Å². The molecule has 6 nitrogen and oxygen atoms in total. The van der Waals surface area contributed by atoms with Crippen molar-refractivity contribution >= 4 is 11.9 Å². The smallest absolute Gasteiger partial charge is 0.332 e. The van der Waals surface area contributed by atoms with E-state index in [-0.39, 0.29) is 29.3 Å². The summed E-state index contributed by atoms with van der Waals surface area (Å²) in [5, 5.41) is 2.94. The molecule has 2 aliphatic rings. The fraction of sp³-hybridized carbons (Fsp3) is 0.778. The van der Waals surface area contributed by atoms with E-state index >= 15 is 0 Å². The molecule has 2 rings (SSSR count). The van der Waals surface area contributed by atoms with Crippen molar-refractivity contribution in [2.24, 2.45) is 17.1 Å². The lowest BCUT2D eigenvalue weighted by atomic mass is 9.87. The van der Waals surface area contributed by atoms with Crippen molar-refractivity contribution < 1.29 is 14.3 Å². The van der Waals surface area contributed by atoms with Gasteiger partial charge in [0, 0.05) is 18.5 Å². The van der Waals surface area contributed by atoms with Crippen LogP contribution in [0.15, 0.2) is 12.7 Å². The SMILES string of the molecule is C=C[C@@H]1CC1(NC(=O)[C@@H]1CCCN1C[C@@H](N)C(C)(C)C)C(=O)OC. The molecule has 1 saturated heterocycles. The summed E-state index contributed by atoms with van der Waals surface area (Å²) in [6, 6.07) is -0.242. The molecule has 0 spiro atoms. The lowest BCUT2D eigenvalue weighted by molar-refractivity contribution is -0.147. The Balaban J connectivity index is 2.03. The first-order chi connectivity index (χ1) is 11.2. The van der Waals surface area contributed by atoms with Crippen molar-refractivity contribution in [3.63, 3.8) is 0 Å². The van der Waals surface area contributed by atoms with Crippen molar-refractivity contribution in [3.05, 3.63) is 12.7 Å². The van der Waals surface area contributed by atoms with Gasteiger partial charge in [-0.05, 0) is 31.2 Å². The van der Waals surface area contributed by atoms with Gasteiger partial charge in [0.05, 0.1) is 13.2 Å². The second-order valence-electron chi connectivity index (χ2n) is 8.12. The van der Waals surface area contributed by atoms with E-state index in [1.165, 1.54) is 7.11 Å². The van der Waals surface area contributed by atoms with Gasteiger partial charge in [0.15, 0.2) is 0 Å². The Morgan fingerprint density at radius 2 is 2.17 bits per heavy atom. The van der Waals surface area contributed by atoms with E-state index in [1.807, 2.05) is 0 Å². The fourth-order valence-electron chi connectivity index (χ4n) is 3.36. The average molecular weight is 337 g/mol. The number of methoxy groups -OCH3 is 1. The number of likely N-dealkylation sites (tertiary alicyclic amines) is 1. The minimum atomic E-state index is -0.923. The zero-order valence-corrected chi connectivity index (χ0v) is 15.3. The van der Waals surface area contributed by atoms with Crippen LogP contribution < -0.4 is 11.1 Å². The fourth-order valence-corrected chi connectivity index (χ4v) is 3.36. The molecule has 1 aliphatic heterocycles. The lowest BCUT2D eigenvalue weighted by Crippen LogP contribution is -2.54. The summed E-state index contributed by atoms with van der Waals surface area (Å²) >= 11 is 0. The average Bonchev–Trinajstić information content (AvgIpc) is 3.03. The quantitative estimate of drug-likeness (QED) is 0.559. The number of nitrogens with one attached hydrogen (secondary N) is 1. The van der Waals surface area contributed by atoms with Gasteiger partial charge in [-0.2, -0.15) is 0 Å². The monoisotopic (exact) mass is 337 g/mol. The molecule has 6 heteroatoms. The van der Waals surface area contributed by atoms with Crippen molar-refractivity contribution in [2.45, 2.75) is 57.7 Å². The Kier molecular flexibility index (Phi) is 5.40. The molecular weight excluding hydrogens is 306 g/mol. The molecule has 0 aromatic carbocycles. The van der Waals surface area contributed by atoms with E-state index in [4.69, 9.17) is 10.5 Å². The summed E-state index contributed by atoms with van der Waals surface area (Å²) in [7, 11) is 1.35. The minimum Gasteiger partial charge on any atom is -0.467 e. The molecule has 0 aromatic rings. The van der Waals surface area contributed by atoms with Crippen LogP contribution in [0.3, 0.4) is 0 Å². The van der Waals surface area contributed by atoms with Gasteiger partial charge in [-0.3, -0.25) is 9.69 Å². The summed E-state index contributed by atoms with van der Waals surface area (Å²) in [6.45, 7) is 11.6. The molecule has 136 valence electrons. The molecule has 4 atom stereocenters. The van der Waals surface area contributed by atoms with Gasteiger partial charge in [-0.15, -0.1) is 6.58 Å². The van der Waals surface area contributed by atoms with Gasteiger partial charge in [0.2, 0.25) is 5.91 Å². The normalized spacial score (nSPS) is 31.4. The van der Waals surface area contributed by atoms with Crippen LogP contribution in [0, 0.1) is 11.3 Å². The predicted molar refractivity (Wildman–Crippen MR) is 93.2 cm³/mol. The van der Waals surface area contributed by atoms with Crippen LogP contribution in [-0.4, -0.2) is 54.6 Å². The zero-order valence-electron chi connectivity index (χ0n) is 15.3. The van der Waals surface area contributed by atoms with E-state index in [0.29, 0.717) is 13.0 Å². The Morgan fingerprint density at radius 3 is 2.67 bits per heavy atom. The Bertz CT molecular complexity index is 514. The Morgan fingerprint density at radius 1 is 1.50 bits per heavy atom. The Labute approximate surface area is 144 Å². The number of rotatable bonds is 6. The standard InChI is InChI=1S/C18H31N3O3/c1-6-12-10-18(12,16(23)24-5)20-15(22)13-8-7-9-21(13)11-14(19)17(2,3)4/h6,12-14H,1,7-11,19H2,2-5H3,(H,20,22)/t12-,13+,14-,18?/m1/s1. The van der Waals surface area contributed by atoms with Crippen LogP contribution >= 0.6 is 0 Å². The van der Waals surface area contributed by atoms with Gasteiger partial charge >= 0.3 is 5.97 Å². The van der Waals surface area contributed by atoms with E-state index in [9.17, 15) is 9.59 Å². The maximum Gasteiger partial charge on any atom is 0.332 e. The third-order valence-corrected chi connectivity index (χ3v) is 5.41. The molecular formula is C18H31N3O3. The maximum atomic E-state index is 12.8. The molecule has 1 aliphatic carbocycles. The largest absolute Gasteiger partial charge is 0.467 e. The number of carbonyl (C=O) groups is 2. The number of ether oxygens (including phenoxy) is 1. The molecule has 0 radical (unpaired) electrons. The highest BCUT2D eigenvalue weighted by Gasteiger charge is 2.61. The highest BCUT2D eigenvalue weighted by Crippen LogP contribution is 2.45. The third-order valence-electron chi connectivity index (χ3n) is 5.41. The molecule has 2 fully saturated rings. The number of carbonyl (C=O) groups excluding carboxylic acids is 2. The van der Waals surface area contributed by atoms with Crippen LogP contribution in [0.5, 0.6) is 0 Å². The third kappa shape index (κ3) is 3.64. The highest BCUT2D eigenvalue weighted by atomic mass is 16.5. The topological polar surface area (TPSA) is 84.7 Å². The van der Waals surface area contributed by atoms with Crippen molar-refractivity contribution in [3.8, 4) is 0 Å². The second-order valence-corrected chi connectivity index (χ2v) is 8.12. The van der Waals surface area contributed by atoms with Crippen LogP contribution in [-0.2, 0) is 14.3 Å². The number of amides is 1. The summed E-state index contributed by atoms with van der Waals surface area (Å²) < 4.78 is 4.87. The van der Waals surface area contributed by atoms with Gasteiger partial charge in [-0.1, -0.05) is 26.8 Å². The highest BCUT2D eigenvalue weighted by molar-refractivity contribution is 5.93. The first kappa shape index (κ1) is 18.9. The molecule has 1 amide bonds. The number of nitrogens with zero attached hydrogens (tertiary/aromatic N) is 1. The molecule has 1 unspecified atom stereocenters. The summed E-state index contributed by atoms with van der Waals surface area (Å²) in [6.07, 6.45) is 4.02. The molecule has 24 heavy (non-hydrogen) atoms. The van der Waals surface area contributed by atoms with E-state index in [2.05, 4.69) is 37.6 Å². The number of nitrogens with two attached hydrogens (primary N) is 1. The van der Waals surface area contributed by atoms with Gasteiger partial charge in [0.25, 0.3) is 0 Å².